The third-order valence-electron chi connectivity index (χ3n) is 5.60. The van der Waals surface area contributed by atoms with Gasteiger partial charge >= 0.3 is 6.03 Å². The van der Waals surface area contributed by atoms with Crippen LogP contribution in [0.25, 0.3) is 10.4 Å². The average Bonchev–Trinajstić information content (AvgIpc) is 3.45. The Morgan fingerprint density at radius 2 is 2.00 bits per heavy atom. The van der Waals surface area contributed by atoms with E-state index in [9.17, 15) is 14.1 Å². The molecule has 2 aromatic rings. The van der Waals surface area contributed by atoms with Crippen LogP contribution in [-0.4, -0.2) is 26.9 Å². The van der Waals surface area contributed by atoms with Gasteiger partial charge in [-0.25, -0.2) is 19.1 Å². The van der Waals surface area contributed by atoms with E-state index in [1.165, 1.54) is 24.2 Å². The molecule has 0 aliphatic heterocycles. The van der Waals surface area contributed by atoms with Crippen LogP contribution in [0.1, 0.15) is 47.0 Å². The van der Waals surface area contributed by atoms with Gasteiger partial charge in [0.05, 0.1) is 12.7 Å². The summed E-state index contributed by atoms with van der Waals surface area (Å²) in [4.78, 5) is 19.3. The van der Waals surface area contributed by atoms with Gasteiger partial charge in [-0.1, -0.05) is 11.2 Å². The number of hydrogen-bond donors (Lipinski definition) is 3. The number of aryl methyl sites for hydroxylation is 2. The third kappa shape index (κ3) is 4.30. The molecule has 31 heavy (non-hydrogen) atoms. The van der Waals surface area contributed by atoms with Gasteiger partial charge in [0.1, 0.15) is 14.8 Å². The van der Waals surface area contributed by atoms with E-state index < -0.39 is 21.5 Å². The second-order valence-corrected chi connectivity index (χ2v) is 11.0. The van der Waals surface area contributed by atoms with Gasteiger partial charge < -0.3 is 10.4 Å². The summed E-state index contributed by atoms with van der Waals surface area (Å²) in [7, 11) is -3.56. The number of azide groups is 1. The van der Waals surface area contributed by atoms with Gasteiger partial charge in [-0.05, 0) is 73.2 Å². The summed E-state index contributed by atoms with van der Waals surface area (Å²) in [6.45, 7) is 1.17. The van der Waals surface area contributed by atoms with E-state index in [0.29, 0.717) is 0 Å². The molecule has 0 saturated carbocycles. The Kier molecular flexibility index (Phi) is 5.75. The number of fused-ring (bicyclic) bond motifs is 2. The highest BCUT2D eigenvalue weighted by Gasteiger charge is 2.29. The van der Waals surface area contributed by atoms with Crippen molar-refractivity contribution in [2.45, 2.75) is 55.3 Å². The molecule has 2 aliphatic carbocycles. The fourth-order valence-corrected chi connectivity index (χ4v) is 6.24. The predicted octanol–water partition coefficient (Wildman–Crippen LogP) is 3.57. The number of nitrogens with zero attached hydrogens (tertiary/aromatic N) is 5. The van der Waals surface area contributed by atoms with Crippen molar-refractivity contribution >= 4 is 33.0 Å². The SMILES string of the molecule is C[C@@](O)(CN=[N+]=[N-])c1ncc(S(N)(=O)=NC(=O)Nc2c3c(cc4c2CCC4)CCC3)s1. The second kappa shape index (κ2) is 8.21. The number of carbonyl (C=O) groups is 1. The summed E-state index contributed by atoms with van der Waals surface area (Å²) in [5, 5.41) is 22.6. The molecule has 10 nitrogen and oxygen atoms in total. The Hall–Kier alpha value is -2.50. The number of aliphatic hydroxyl groups is 1. The molecule has 0 saturated heterocycles. The number of aromatic nitrogens is 1. The number of carbonyl (C=O) groups excluding carboxylic acids is 1. The Labute approximate surface area is 183 Å². The van der Waals surface area contributed by atoms with Crippen molar-refractivity contribution in [1.29, 1.82) is 0 Å². The fraction of sp³-hybridized carbons (Fsp3) is 0.474. The van der Waals surface area contributed by atoms with E-state index in [4.69, 9.17) is 10.7 Å². The standard InChI is InChI=1S/C19H23N7O3S2/c1-19(28,10-23-26-20)17-22-9-15(30-17)31(21,29)25-18(27)24-16-13-6-2-4-11(13)8-12-5-3-7-14(12)16/h8-9,28H,2-7,10H2,1H3,(H3,21,24,25,27,29)/t19-,31?/m1/s1. The maximum Gasteiger partial charge on any atom is 0.354 e. The molecule has 0 fully saturated rings. The van der Waals surface area contributed by atoms with Gasteiger partial charge in [-0.3, -0.25) is 0 Å². The number of rotatable bonds is 5. The topological polar surface area (TPSA) is 166 Å². The maximum atomic E-state index is 13.0. The number of amides is 2. The number of hydrogen-bond acceptors (Lipinski definition) is 6. The van der Waals surface area contributed by atoms with Crippen molar-refractivity contribution in [3.05, 3.63) is 50.0 Å². The van der Waals surface area contributed by atoms with Crippen LogP contribution < -0.4 is 10.5 Å². The van der Waals surface area contributed by atoms with Gasteiger partial charge in [-0.15, -0.1) is 15.7 Å². The zero-order valence-corrected chi connectivity index (χ0v) is 18.6. The highest BCUT2D eigenvalue weighted by Crippen LogP contribution is 2.38. The molecule has 0 radical (unpaired) electrons. The molecule has 164 valence electrons. The first-order valence-electron chi connectivity index (χ1n) is 9.93. The van der Waals surface area contributed by atoms with Crippen molar-refractivity contribution in [2.24, 2.45) is 14.6 Å². The van der Waals surface area contributed by atoms with E-state index in [-0.39, 0.29) is 15.8 Å². The first-order chi connectivity index (χ1) is 14.7. The molecule has 1 unspecified atom stereocenters. The molecular weight excluding hydrogens is 438 g/mol. The number of benzene rings is 1. The zero-order valence-electron chi connectivity index (χ0n) is 17.0. The molecule has 0 bridgehead atoms. The summed E-state index contributed by atoms with van der Waals surface area (Å²) in [5.41, 5.74) is 12.5. The Morgan fingerprint density at radius 1 is 1.35 bits per heavy atom. The van der Waals surface area contributed by atoms with Crippen molar-refractivity contribution in [3.8, 4) is 0 Å². The molecule has 2 atom stereocenters. The Balaban J connectivity index is 1.61. The molecule has 4 N–H and O–H groups in total. The molecular formula is C19H23N7O3S2. The van der Waals surface area contributed by atoms with Gasteiger partial charge in [0.2, 0.25) is 0 Å². The quantitative estimate of drug-likeness (QED) is 0.352. The fourth-order valence-electron chi connectivity index (χ4n) is 4.15. The van der Waals surface area contributed by atoms with Crippen molar-refractivity contribution in [1.82, 2.24) is 4.98 Å². The van der Waals surface area contributed by atoms with Crippen LogP contribution in [0.4, 0.5) is 10.5 Å². The summed E-state index contributed by atoms with van der Waals surface area (Å²) in [6.07, 6.45) is 7.10. The van der Waals surface area contributed by atoms with E-state index in [1.54, 1.807) is 0 Å². The lowest BCUT2D eigenvalue weighted by Gasteiger charge is -2.17. The van der Waals surface area contributed by atoms with Crippen LogP contribution in [0.5, 0.6) is 0 Å². The molecule has 1 aromatic heterocycles. The van der Waals surface area contributed by atoms with Gasteiger partial charge in [0.15, 0.2) is 9.92 Å². The molecule has 1 heterocycles. The first-order valence-corrected chi connectivity index (χ1v) is 12.3. The van der Waals surface area contributed by atoms with Crippen LogP contribution in [0.3, 0.4) is 0 Å². The third-order valence-corrected chi connectivity index (χ3v) is 8.73. The zero-order chi connectivity index (χ0) is 22.2. The van der Waals surface area contributed by atoms with E-state index in [1.807, 2.05) is 0 Å². The minimum atomic E-state index is -3.56. The number of nitrogens with one attached hydrogen (secondary N) is 1. The van der Waals surface area contributed by atoms with E-state index >= 15 is 0 Å². The normalized spacial score (nSPS) is 18.3. The highest BCUT2D eigenvalue weighted by atomic mass is 32.2. The van der Waals surface area contributed by atoms with Gasteiger partial charge in [-0.2, -0.15) is 0 Å². The Bertz CT molecular complexity index is 1190. The number of nitrogens with two attached hydrogens (primary N) is 1. The van der Waals surface area contributed by atoms with Crippen LogP contribution >= 0.6 is 11.3 Å². The Morgan fingerprint density at radius 3 is 2.61 bits per heavy atom. The average molecular weight is 462 g/mol. The molecule has 1 aromatic carbocycles. The number of urea groups is 1. The van der Waals surface area contributed by atoms with E-state index in [0.717, 1.165) is 66.7 Å². The van der Waals surface area contributed by atoms with Crippen molar-refractivity contribution in [2.75, 3.05) is 11.9 Å². The van der Waals surface area contributed by atoms with Gasteiger partial charge in [0, 0.05) is 10.6 Å². The lowest BCUT2D eigenvalue weighted by Crippen LogP contribution is -2.24. The van der Waals surface area contributed by atoms with Crippen molar-refractivity contribution in [3.63, 3.8) is 0 Å². The summed E-state index contributed by atoms with van der Waals surface area (Å²) >= 11 is 0.867. The van der Waals surface area contributed by atoms with Crippen LogP contribution in [0.2, 0.25) is 0 Å². The number of thiazole rings is 1. The first kappa shape index (κ1) is 21.7. The molecule has 2 amide bonds. The summed E-state index contributed by atoms with van der Waals surface area (Å²) in [6, 6.07) is 1.49. The molecule has 12 heteroatoms. The number of anilines is 1. The largest absolute Gasteiger partial charge is 0.383 e. The lowest BCUT2D eigenvalue weighted by atomic mass is 9.99. The monoisotopic (exact) mass is 461 g/mol. The smallest absolute Gasteiger partial charge is 0.354 e. The van der Waals surface area contributed by atoms with Crippen LogP contribution in [0, 0.1) is 0 Å². The summed E-state index contributed by atoms with van der Waals surface area (Å²) < 4.78 is 16.8. The molecule has 4 rings (SSSR count). The molecule has 2 aliphatic rings. The molecule has 0 spiro atoms. The maximum absolute atomic E-state index is 13.0. The second-order valence-electron chi connectivity index (χ2n) is 7.97. The van der Waals surface area contributed by atoms with Crippen LogP contribution in [0.15, 0.2) is 25.9 Å². The minimum absolute atomic E-state index is 0.0578. The lowest BCUT2D eigenvalue weighted by molar-refractivity contribution is 0.0666. The highest BCUT2D eigenvalue weighted by molar-refractivity contribution is 7.93. The predicted molar refractivity (Wildman–Crippen MR) is 118 cm³/mol. The van der Waals surface area contributed by atoms with Gasteiger partial charge in [0.25, 0.3) is 0 Å². The van der Waals surface area contributed by atoms with Crippen molar-refractivity contribution < 1.29 is 14.1 Å². The van der Waals surface area contributed by atoms with E-state index in [2.05, 4.69) is 30.8 Å². The minimum Gasteiger partial charge on any atom is -0.383 e. The summed E-state index contributed by atoms with van der Waals surface area (Å²) in [5.74, 6) is 0. The van der Waals surface area contributed by atoms with Crippen LogP contribution in [-0.2, 0) is 41.2 Å².